The van der Waals surface area contributed by atoms with Crippen LogP contribution in [0.3, 0.4) is 0 Å². The fourth-order valence-electron chi connectivity index (χ4n) is 7.77. The third kappa shape index (κ3) is 2.09. The van der Waals surface area contributed by atoms with E-state index in [1.54, 1.807) is 0 Å². The molecule has 0 spiro atoms. The predicted molar refractivity (Wildman–Crippen MR) is 99.0 cm³/mol. The van der Waals surface area contributed by atoms with Crippen LogP contribution < -0.4 is 0 Å². The molecule has 0 heterocycles. The molecule has 4 fully saturated rings. The number of rotatable bonds is 5. The molecule has 4 aliphatic carbocycles. The average molecular weight is 325 g/mol. The summed E-state index contributed by atoms with van der Waals surface area (Å²) in [5.41, 5.74) is 2.02. The van der Waals surface area contributed by atoms with Crippen LogP contribution in [0, 0.1) is 16.2 Å². The second kappa shape index (κ2) is 5.19. The number of carbonyl (C=O) groups excluding carboxylic acids is 1. The molecule has 1 aromatic carbocycles. The summed E-state index contributed by atoms with van der Waals surface area (Å²) in [4.78, 5) is 13.7. The minimum atomic E-state index is -0.0384. The smallest absolute Gasteiger partial charge is 0.145 e. The van der Waals surface area contributed by atoms with E-state index in [1.807, 2.05) is 0 Å². The molecule has 0 aromatic heterocycles. The van der Waals surface area contributed by atoms with Crippen LogP contribution in [-0.4, -0.2) is 5.78 Å². The van der Waals surface area contributed by atoms with Gasteiger partial charge in [-0.05, 0) is 61.3 Å². The molecule has 4 bridgehead atoms. The van der Waals surface area contributed by atoms with E-state index in [2.05, 4.69) is 51.1 Å². The normalized spacial score (nSPS) is 43.4. The first-order valence-electron chi connectivity index (χ1n) is 10.0. The van der Waals surface area contributed by atoms with E-state index in [1.165, 1.54) is 12.0 Å². The largest absolute Gasteiger partial charge is 0.298 e. The van der Waals surface area contributed by atoms with Crippen LogP contribution in [0.2, 0.25) is 0 Å². The molecule has 0 saturated heterocycles. The Morgan fingerprint density at radius 1 is 0.833 bits per heavy atom. The number of benzene rings is 1. The van der Waals surface area contributed by atoms with Gasteiger partial charge in [0.05, 0.1) is 0 Å². The van der Waals surface area contributed by atoms with Gasteiger partial charge in [0, 0.05) is 10.8 Å². The first-order valence-corrected chi connectivity index (χ1v) is 10.0. The Bertz CT molecular complexity index is 617. The Balaban J connectivity index is 1.88. The van der Waals surface area contributed by atoms with E-state index in [0.717, 1.165) is 51.4 Å². The molecule has 130 valence electrons. The predicted octanol–water partition coefficient (Wildman–Crippen LogP) is 6.06. The van der Waals surface area contributed by atoms with Gasteiger partial charge in [-0.3, -0.25) is 4.79 Å². The van der Waals surface area contributed by atoms with Gasteiger partial charge in [-0.25, -0.2) is 0 Å². The van der Waals surface area contributed by atoms with Crippen molar-refractivity contribution in [3.63, 3.8) is 0 Å². The van der Waals surface area contributed by atoms with Crippen LogP contribution in [0.25, 0.3) is 0 Å². The Hall–Kier alpha value is -1.11. The molecule has 0 amide bonds. The van der Waals surface area contributed by atoms with Crippen molar-refractivity contribution >= 4 is 5.78 Å². The highest BCUT2D eigenvalue weighted by Gasteiger charge is 2.70. The summed E-state index contributed by atoms with van der Waals surface area (Å²) in [5, 5.41) is 0. The van der Waals surface area contributed by atoms with Crippen LogP contribution >= 0.6 is 0 Å². The molecular formula is C23H32O. The Kier molecular flexibility index (Phi) is 3.54. The average Bonchev–Trinajstić information content (AvgIpc) is 2.52. The standard InChI is InChI=1S/C23H32O/c1-4-11-21-13-20(3)14-22(12-5-2,19(21)24)17-23(15-20,16-21)18-9-7-6-8-10-18/h6-10H,4-5,11-17H2,1-3H3/t20?,21-,22+,23?. The molecule has 5 rings (SSSR count). The van der Waals surface area contributed by atoms with E-state index in [4.69, 9.17) is 0 Å². The van der Waals surface area contributed by atoms with Crippen LogP contribution in [-0.2, 0) is 10.2 Å². The van der Waals surface area contributed by atoms with Gasteiger partial charge in [-0.2, -0.15) is 0 Å². The highest BCUT2D eigenvalue weighted by molar-refractivity contribution is 5.93. The first-order chi connectivity index (χ1) is 11.4. The highest BCUT2D eigenvalue weighted by Crippen LogP contribution is 2.74. The minimum Gasteiger partial charge on any atom is -0.298 e. The third-order valence-corrected chi connectivity index (χ3v) is 7.46. The molecule has 4 atom stereocenters. The number of hydrogen-bond donors (Lipinski definition) is 0. The second-order valence-corrected chi connectivity index (χ2v) is 9.73. The Labute approximate surface area is 147 Å². The number of carbonyl (C=O) groups is 1. The van der Waals surface area contributed by atoms with Gasteiger partial charge in [-0.15, -0.1) is 0 Å². The lowest BCUT2D eigenvalue weighted by Crippen LogP contribution is -2.67. The van der Waals surface area contributed by atoms with Crippen molar-refractivity contribution in [3.8, 4) is 0 Å². The van der Waals surface area contributed by atoms with Gasteiger partial charge >= 0.3 is 0 Å². The van der Waals surface area contributed by atoms with Crippen molar-refractivity contribution in [2.24, 2.45) is 16.2 Å². The lowest BCUT2D eigenvalue weighted by Gasteiger charge is -2.69. The maximum Gasteiger partial charge on any atom is 0.145 e. The Morgan fingerprint density at radius 3 is 1.88 bits per heavy atom. The van der Waals surface area contributed by atoms with Crippen molar-refractivity contribution in [3.05, 3.63) is 35.9 Å². The van der Waals surface area contributed by atoms with Gasteiger partial charge in [0.1, 0.15) is 5.78 Å². The number of Topliss-reactive ketones (excluding diaryl/α,β-unsaturated/α-hetero) is 1. The van der Waals surface area contributed by atoms with Crippen molar-refractivity contribution < 1.29 is 4.79 Å². The van der Waals surface area contributed by atoms with Gasteiger partial charge in [-0.1, -0.05) is 63.9 Å². The molecule has 0 radical (unpaired) electrons. The van der Waals surface area contributed by atoms with Crippen molar-refractivity contribution in [1.82, 2.24) is 0 Å². The van der Waals surface area contributed by atoms with E-state index >= 15 is 0 Å². The lowest BCUT2D eigenvalue weighted by atomic mass is 9.33. The summed E-state index contributed by atoms with van der Waals surface area (Å²) >= 11 is 0. The molecule has 0 aliphatic heterocycles. The monoisotopic (exact) mass is 324 g/mol. The van der Waals surface area contributed by atoms with Crippen LogP contribution in [0.5, 0.6) is 0 Å². The summed E-state index contributed by atoms with van der Waals surface area (Å²) in [5.74, 6) is 0.655. The summed E-state index contributed by atoms with van der Waals surface area (Å²) in [7, 11) is 0. The van der Waals surface area contributed by atoms with E-state index in [0.29, 0.717) is 11.2 Å². The SMILES string of the molecule is CCC[C@]12CC3(C)CC(c4ccccc4)(C1)C[C@@](CCC)(C3)C2=O. The summed E-state index contributed by atoms with van der Waals surface area (Å²) < 4.78 is 0. The third-order valence-electron chi connectivity index (χ3n) is 7.46. The van der Waals surface area contributed by atoms with E-state index in [-0.39, 0.29) is 16.2 Å². The molecule has 1 aromatic rings. The zero-order valence-corrected chi connectivity index (χ0v) is 15.7. The summed E-state index contributed by atoms with van der Waals surface area (Å²) in [6.07, 6.45) is 10.3. The zero-order valence-electron chi connectivity index (χ0n) is 15.7. The molecule has 24 heavy (non-hydrogen) atoms. The van der Waals surface area contributed by atoms with E-state index in [9.17, 15) is 4.79 Å². The minimum absolute atomic E-state index is 0.0384. The highest BCUT2D eigenvalue weighted by atomic mass is 16.1. The second-order valence-electron chi connectivity index (χ2n) is 9.73. The van der Waals surface area contributed by atoms with Gasteiger partial charge in [0.25, 0.3) is 0 Å². The van der Waals surface area contributed by atoms with Crippen LogP contribution in [0.1, 0.15) is 84.1 Å². The molecule has 4 aliphatic rings. The topological polar surface area (TPSA) is 17.1 Å². The molecule has 2 unspecified atom stereocenters. The Morgan fingerprint density at radius 2 is 1.38 bits per heavy atom. The van der Waals surface area contributed by atoms with Gasteiger partial charge in [0.2, 0.25) is 0 Å². The maximum absolute atomic E-state index is 13.7. The van der Waals surface area contributed by atoms with Crippen molar-refractivity contribution in [1.29, 1.82) is 0 Å². The molecule has 1 nitrogen and oxygen atoms in total. The molecule has 1 heteroatoms. The van der Waals surface area contributed by atoms with Crippen LogP contribution in [0.4, 0.5) is 0 Å². The number of hydrogen-bond acceptors (Lipinski definition) is 1. The summed E-state index contributed by atoms with van der Waals surface area (Å²) in [6, 6.07) is 11.2. The van der Waals surface area contributed by atoms with E-state index < -0.39 is 0 Å². The fourth-order valence-corrected chi connectivity index (χ4v) is 7.77. The van der Waals surface area contributed by atoms with Gasteiger partial charge in [0.15, 0.2) is 0 Å². The van der Waals surface area contributed by atoms with Crippen LogP contribution in [0.15, 0.2) is 30.3 Å². The molecule has 0 N–H and O–H groups in total. The fraction of sp³-hybridized carbons (Fsp3) is 0.696. The van der Waals surface area contributed by atoms with Crippen molar-refractivity contribution in [2.45, 2.75) is 84.0 Å². The van der Waals surface area contributed by atoms with Gasteiger partial charge < -0.3 is 0 Å². The lowest BCUT2D eigenvalue weighted by molar-refractivity contribution is -0.187. The first kappa shape index (κ1) is 16.4. The molecular weight excluding hydrogens is 292 g/mol. The quantitative estimate of drug-likeness (QED) is 0.643. The zero-order chi connectivity index (χ0) is 17.1. The molecule has 4 saturated carbocycles. The summed E-state index contributed by atoms with van der Waals surface area (Å²) in [6.45, 7) is 7.01. The maximum atomic E-state index is 13.7. The number of ketones is 1. The van der Waals surface area contributed by atoms with Crippen molar-refractivity contribution in [2.75, 3.05) is 0 Å².